The lowest BCUT2D eigenvalue weighted by atomic mass is 10.2. The third-order valence-electron chi connectivity index (χ3n) is 9.08. The Kier molecular flexibility index (Phi) is 10.2. The van der Waals surface area contributed by atoms with Crippen molar-refractivity contribution in [2.24, 2.45) is 0 Å². The Balaban J connectivity index is 1.01. The highest BCUT2D eigenvalue weighted by Gasteiger charge is 2.24. The summed E-state index contributed by atoms with van der Waals surface area (Å²) in [6.45, 7) is 10.8. The molecule has 2 N–H and O–H groups in total. The molecular weight excluding hydrogens is 552 g/mol. The topological polar surface area (TPSA) is 80.3 Å². The molecule has 3 aromatic carbocycles. The molecule has 2 aliphatic rings. The van der Waals surface area contributed by atoms with E-state index < -0.39 is 12.2 Å². The van der Waals surface area contributed by atoms with Crippen LogP contribution in [0.15, 0.2) is 89.7 Å². The largest absolute Gasteiger partial charge is 0.390 e. The summed E-state index contributed by atoms with van der Waals surface area (Å²) in [7, 11) is 0. The molecule has 234 valence electrons. The molecule has 0 amide bonds. The van der Waals surface area contributed by atoms with Crippen molar-refractivity contribution in [1.29, 1.82) is 0 Å². The molecule has 0 spiro atoms. The standard InChI is InChI=1S/C35H46N6O3/c42-31(25-38-19-15-36(16-20-38)23-29-9-3-1-4-10-29)27-40-33-13-7-8-14-34(33)41(35(40)44)28-32(43)26-39-21-17-37(18-22-39)24-30-11-5-2-6-12-30/h1-14,31-32,42-43H,15-28H2/t31-,32+. The molecule has 9 heteroatoms. The van der Waals surface area contributed by atoms with Crippen LogP contribution in [0.1, 0.15) is 11.1 Å². The second-order valence-corrected chi connectivity index (χ2v) is 12.4. The predicted octanol–water partition coefficient (Wildman–Crippen LogP) is 2.16. The molecule has 2 fully saturated rings. The maximum atomic E-state index is 13.6. The van der Waals surface area contributed by atoms with Crippen molar-refractivity contribution < 1.29 is 10.2 Å². The van der Waals surface area contributed by atoms with Gasteiger partial charge in [0, 0.05) is 78.5 Å². The summed E-state index contributed by atoms with van der Waals surface area (Å²) in [6.07, 6.45) is -1.32. The number of aliphatic hydroxyl groups excluding tert-OH is 2. The number of imidazole rings is 1. The van der Waals surface area contributed by atoms with E-state index in [4.69, 9.17) is 0 Å². The van der Waals surface area contributed by atoms with Crippen molar-refractivity contribution >= 4 is 11.0 Å². The number of aliphatic hydroxyl groups is 2. The first-order valence-corrected chi connectivity index (χ1v) is 16.0. The van der Waals surface area contributed by atoms with E-state index >= 15 is 0 Å². The Morgan fingerprint density at radius 1 is 0.477 bits per heavy atom. The minimum absolute atomic E-state index is 0.176. The van der Waals surface area contributed by atoms with Gasteiger partial charge in [0.1, 0.15) is 0 Å². The number of hydrogen-bond acceptors (Lipinski definition) is 7. The smallest absolute Gasteiger partial charge is 0.329 e. The van der Waals surface area contributed by atoms with Crippen LogP contribution in [0.4, 0.5) is 0 Å². The highest BCUT2D eigenvalue weighted by Crippen LogP contribution is 2.16. The van der Waals surface area contributed by atoms with Gasteiger partial charge in [-0.1, -0.05) is 72.8 Å². The Hall–Kier alpha value is -3.31. The third-order valence-corrected chi connectivity index (χ3v) is 9.08. The van der Waals surface area contributed by atoms with Gasteiger partial charge in [-0.2, -0.15) is 0 Å². The molecule has 3 heterocycles. The molecule has 6 rings (SSSR count). The summed E-state index contributed by atoms with van der Waals surface area (Å²) in [4.78, 5) is 23.1. The fourth-order valence-electron chi connectivity index (χ4n) is 6.70. The van der Waals surface area contributed by atoms with Crippen molar-refractivity contribution in [2.45, 2.75) is 38.4 Å². The van der Waals surface area contributed by atoms with Crippen LogP contribution < -0.4 is 5.69 Å². The summed E-state index contributed by atoms with van der Waals surface area (Å²) >= 11 is 0. The number of aromatic nitrogens is 2. The summed E-state index contributed by atoms with van der Waals surface area (Å²) in [5.74, 6) is 0. The number of rotatable bonds is 12. The summed E-state index contributed by atoms with van der Waals surface area (Å²) in [5.41, 5.74) is 4.06. The lowest BCUT2D eigenvalue weighted by Crippen LogP contribution is -2.49. The van der Waals surface area contributed by atoms with E-state index in [1.165, 1.54) is 11.1 Å². The van der Waals surface area contributed by atoms with Gasteiger partial charge in [0.05, 0.1) is 36.3 Å². The Morgan fingerprint density at radius 3 is 1.20 bits per heavy atom. The van der Waals surface area contributed by atoms with Crippen molar-refractivity contribution in [3.05, 3.63) is 107 Å². The summed E-state index contributed by atoms with van der Waals surface area (Å²) in [6, 6.07) is 28.8. The van der Waals surface area contributed by atoms with E-state index in [0.717, 1.165) is 76.5 Å². The van der Waals surface area contributed by atoms with Crippen molar-refractivity contribution in [1.82, 2.24) is 28.7 Å². The van der Waals surface area contributed by atoms with E-state index in [0.29, 0.717) is 13.1 Å². The monoisotopic (exact) mass is 598 g/mol. The summed E-state index contributed by atoms with van der Waals surface area (Å²) in [5, 5.41) is 22.2. The fourth-order valence-corrected chi connectivity index (χ4v) is 6.70. The quantitative estimate of drug-likeness (QED) is 0.259. The van der Waals surface area contributed by atoms with Gasteiger partial charge in [-0.25, -0.2) is 4.79 Å². The maximum absolute atomic E-state index is 13.6. The molecule has 9 nitrogen and oxygen atoms in total. The molecule has 0 bridgehead atoms. The van der Waals surface area contributed by atoms with Crippen LogP contribution in [-0.4, -0.2) is 117 Å². The highest BCUT2D eigenvalue weighted by molar-refractivity contribution is 5.76. The van der Waals surface area contributed by atoms with Gasteiger partial charge >= 0.3 is 5.69 Å². The van der Waals surface area contributed by atoms with Gasteiger partial charge in [0.2, 0.25) is 0 Å². The average Bonchev–Trinajstić information content (AvgIpc) is 3.30. The number of piperazine rings is 2. The zero-order valence-electron chi connectivity index (χ0n) is 25.6. The average molecular weight is 599 g/mol. The van der Waals surface area contributed by atoms with Crippen LogP contribution in [0, 0.1) is 0 Å². The predicted molar refractivity (Wildman–Crippen MR) is 175 cm³/mol. The Bertz CT molecular complexity index is 1400. The van der Waals surface area contributed by atoms with Crippen molar-refractivity contribution in [2.75, 3.05) is 65.4 Å². The zero-order chi connectivity index (χ0) is 30.3. The maximum Gasteiger partial charge on any atom is 0.329 e. The number of fused-ring (bicyclic) bond motifs is 1. The van der Waals surface area contributed by atoms with Crippen molar-refractivity contribution in [3.8, 4) is 0 Å². The van der Waals surface area contributed by atoms with E-state index in [9.17, 15) is 15.0 Å². The highest BCUT2D eigenvalue weighted by atomic mass is 16.3. The first-order chi connectivity index (χ1) is 21.5. The van der Waals surface area contributed by atoms with E-state index in [-0.39, 0.29) is 18.8 Å². The van der Waals surface area contributed by atoms with Crippen LogP contribution in [0.25, 0.3) is 11.0 Å². The number of nitrogens with zero attached hydrogens (tertiary/aromatic N) is 6. The van der Waals surface area contributed by atoms with Crippen molar-refractivity contribution in [3.63, 3.8) is 0 Å². The van der Waals surface area contributed by atoms with Gasteiger partial charge in [0.25, 0.3) is 0 Å². The van der Waals surface area contributed by atoms with Crippen LogP contribution in [0.5, 0.6) is 0 Å². The molecular formula is C35H46N6O3. The van der Waals surface area contributed by atoms with Gasteiger partial charge in [0.15, 0.2) is 0 Å². The van der Waals surface area contributed by atoms with Crippen LogP contribution >= 0.6 is 0 Å². The molecule has 4 aromatic rings. The molecule has 2 aliphatic heterocycles. The minimum atomic E-state index is -0.662. The van der Waals surface area contributed by atoms with Gasteiger partial charge in [-0.3, -0.25) is 28.7 Å². The lowest BCUT2D eigenvalue weighted by molar-refractivity contribution is 0.0599. The van der Waals surface area contributed by atoms with E-state index in [1.54, 1.807) is 9.13 Å². The van der Waals surface area contributed by atoms with Crippen LogP contribution in [0.2, 0.25) is 0 Å². The number of hydrogen-bond donors (Lipinski definition) is 2. The molecule has 0 saturated carbocycles. The first-order valence-electron chi connectivity index (χ1n) is 16.0. The molecule has 44 heavy (non-hydrogen) atoms. The van der Waals surface area contributed by atoms with E-state index in [2.05, 4.69) is 68.1 Å². The van der Waals surface area contributed by atoms with E-state index in [1.807, 2.05) is 36.4 Å². The number of benzene rings is 3. The molecule has 1 aromatic heterocycles. The zero-order valence-corrected chi connectivity index (χ0v) is 25.6. The molecule has 0 unspecified atom stereocenters. The van der Waals surface area contributed by atoms with Crippen LogP contribution in [-0.2, 0) is 26.2 Å². The SMILES string of the molecule is O=c1n(C[C@H](O)CN2CCN(Cc3ccccc3)CC2)c2ccccc2n1C[C@@H](O)CN1CCN(Cc2ccccc2)CC1. The lowest BCUT2D eigenvalue weighted by Gasteiger charge is -2.35. The second-order valence-electron chi connectivity index (χ2n) is 12.4. The van der Waals surface area contributed by atoms with Crippen LogP contribution in [0.3, 0.4) is 0 Å². The molecule has 2 saturated heterocycles. The fraction of sp³-hybridized carbons (Fsp3) is 0.457. The second kappa shape index (κ2) is 14.6. The summed E-state index contributed by atoms with van der Waals surface area (Å²) < 4.78 is 3.36. The molecule has 0 aliphatic carbocycles. The molecule has 0 radical (unpaired) electrons. The third kappa shape index (κ3) is 7.85. The minimum Gasteiger partial charge on any atom is -0.390 e. The molecule has 2 atom stereocenters. The Labute approximate surface area is 260 Å². The van der Waals surface area contributed by atoms with Gasteiger partial charge in [-0.05, 0) is 23.3 Å². The first kappa shape index (κ1) is 30.7. The Morgan fingerprint density at radius 2 is 0.818 bits per heavy atom. The number of para-hydroxylation sites is 2. The van der Waals surface area contributed by atoms with Gasteiger partial charge in [-0.15, -0.1) is 0 Å². The number of β-amino-alcohol motifs (C(OH)–C–C–N with tert-alkyl or cyclic N) is 2. The normalized spacial score (nSPS) is 19.0. The van der Waals surface area contributed by atoms with Gasteiger partial charge < -0.3 is 10.2 Å².